The van der Waals surface area contributed by atoms with Gasteiger partial charge in [-0.15, -0.1) is 0 Å². The van der Waals surface area contributed by atoms with Gasteiger partial charge in [0.15, 0.2) is 11.5 Å². The summed E-state index contributed by atoms with van der Waals surface area (Å²) in [5.74, 6) is 1.69. The lowest BCUT2D eigenvalue weighted by atomic mass is 9.97. The molecule has 0 aliphatic carbocycles. The van der Waals surface area contributed by atoms with Crippen LogP contribution in [0.25, 0.3) is 0 Å². The Bertz CT molecular complexity index is 740. The van der Waals surface area contributed by atoms with Crippen LogP contribution in [0.1, 0.15) is 83.3 Å². The number of unbranched alkanes of at least 4 members (excludes halogenated alkanes) is 4. The molecule has 0 bridgehead atoms. The molecule has 0 aromatic heterocycles. The van der Waals surface area contributed by atoms with E-state index in [4.69, 9.17) is 9.47 Å². The highest BCUT2D eigenvalue weighted by Gasteiger charge is 2.18. The van der Waals surface area contributed by atoms with Crippen molar-refractivity contribution in [2.45, 2.75) is 91.0 Å². The topological polar surface area (TPSA) is 21.7 Å². The van der Waals surface area contributed by atoms with Crippen LogP contribution in [-0.4, -0.2) is 37.7 Å². The molecule has 0 saturated heterocycles. The number of benzene rings is 2. The minimum absolute atomic E-state index is 0.595. The van der Waals surface area contributed by atoms with Gasteiger partial charge in [-0.3, -0.25) is 0 Å². The van der Waals surface area contributed by atoms with Gasteiger partial charge < -0.3 is 14.4 Å². The summed E-state index contributed by atoms with van der Waals surface area (Å²) < 4.78 is 11.8. The fourth-order valence-electron chi connectivity index (χ4n) is 4.61. The van der Waals surface area contributed by atoms with E-state index in [1.807, 2.05) is 0 Å². The van der Waals surface area contributed by atoms with Crippen molar-refractivity contribution in [3.63, 3.8) is 0 Å². The highest BCUT2D eigenvalue weighted by atomic mass is 16.5. The predicted octanol–water partition coefficient (Wildman–Crippen LogP) is 7.71. The fourth-order valence-corrected chi connectivity index (χ4v) is 4.61. The van der Waals surface area contributed by atoms with Crippen molar-refractivity contribution in [1.29, 1.82) is 0 Å². The van der Waals surface area contributed by atoms with Crippen LogP contribution in [0.2, 0.25) is 0 Å². The summed E-state index contributed by atoms with van der Waals surface area (Å²) in [4.78, 5) is 2.72. The lowest BCUT2D eigenvalue weighted by Gasteiger charge is -2.32. The monoisotopic (exact) mass is 453 g/mol. The molecule has 0 spiro atoms. The predicted molar refractivity (Wildman–Crippen MR) is 142 cm³/mol. The van der Waals surface area contributed by atoms with Crippen molar-refractivity contribution in [2.24, 2.45) is 0 Å². The Morgan fingerprint density at radius 3 is 2.15 bits per heavy atom. The molecule has 0 unspecified atom stereocenters. The van der Waals surface area contributed by atoms with Crippen LogP contribution in [0.3, 0.4) is 0 Å². The van der Waals surface area contributed by atoms with Gasteiger partial charge >= 0.3 is 0 Å². The van der Waals surface area contributed by atoms with Crippen LogP contribution in [0.5, 0.6) is 11.5 Å². The maximum Gasteiger partial charge on any atom is 0.161 e. The fraction of sp³-hybridized carbons (Fsp3) is 0.600. The largest absolute Gasteiger partial charge is 0.493 e. The third-order valence-corrected chi connectivity index (χ3v) is 6.37. The minimum atomic E-state index is 0.595. The second-order valence-electron chi connectivity index (χ2n) is 9.17. The van der Waals surface area contributed by atoms with Crippen molar-refractivity contribution in [1.82, 2.24) is 4.90 Å². The Balaban J connectivity index is 2.06. The summed E-state index contributed by atoms with van der Waals surface area (Å²) >= 11 is 0. The van der Waals surface area contributed by atoms with E-state index in [0.717, 1.165) is 24.3 Å². The third kappa shape index (κ3) is 10.2. The molecule has 2 aromatic carbocycles. The number of hydrogen-bond donors (Lipinski definition) is 0. The van der Waals surface area contributed by atoms with Gasteiger partial charge in [-0.05, 0) is 62.0 Å². The Morgan fingerprint density at radius 2 is 1.48 bits per heavy atom. The van der Waals surface area contributed by atoms with Crippen LogP contribution in [-0.2, 0) is 12.8 Å². The van der Waals surface area contributed by atoms with Gasteiger partial charge in [0.1, 0.15) is 0 Å². The first-order chi connectivity index (χ1) is 16.2. The van der Waals surface area contributed by atoms with E-state index < -0.39 is 0 Å². The summed E-state index contributed by atoms with van der Waals surface area (Å²) in [5.41, 5.74) is 2.65. The van der Waals surface area contributed by atoms with Crippen molar-refractivity contribution in [3.8, 4) is 11.5 Å². The van der Waals surface area contributed by atoms with Crippen molar-refractivity contribution < 1.29 is 9.47 Å². The summed E-state index contributed by atoms with van der Waals surface area (Å²) in [7, 11) is 1.72. The molecule has 184 valence electrons. The smallest absolute Gasteiger partial charge is 0.161 e. The first kappa shape index (κ1) is 27.2. The Labute approximate surface area is 203 Å². The van der Waals surface area contributed by atoms with Gasteiger partial charge in [0.2, 0.25) is 0 Å². The van der Waals surface area contributed by atoms with Crippen LogP contribution < -0.4 is 9.47 Å². The molecule has 0 fully saturated rings. The van der Waals surface area contributed by atoms with Crippen molar-refractivity contribution in [2.75, 3.05) is 26.8 Å². The zero-order chi connectivity index (χ0) is 23.7. The van der Waals surface area contributed by atoms with E-state index in [9.17, 15) is 0 Å². The molecular weight excluding hydrogens is 406 g/mol. The van der Waals surface area contributed by atoms with Gasteiger partial charge in [0.25, 0.3) is 0 Å². The Hall–Kier alpha value is -2.00. The summed E-state index contributed by atoms with van der Waals surface area (Å²) in [6, 6.07) is 17.6. The first-order valence-corrected chi connectivity index (χ1v) is 13.3. The number of hydrogen-bond acceptors (Lipinski definition) is 3. The molecule has 3 nitrogen and oxygen atoms in total. The van der Waals surface area contributed by atoms with Gasteiger partial charge in [-0.25, -0.2) is 0 Å². The zero-order valence-electron chi connectivity index (χ0n) is 21.7. The van der Waals surface area contributed by atoms with Gasteiger partial charge in [0, 0.05) is 12.5 Å². The highest BCUT2D eigenvalue weighted by Crippen LogP contribution is 2.30. The van der Waals surface area contributed by atoms with Crippen LogP contribution in [0, 0.1) is 0 Å². The minimum Gasteiger partial charge on any atom is -0.493 e. The number of ether oxygens (including phenoxy) is 2. The first-order valence-electron chi connectivity index (χ1n) is 13.3. The van der Waals surface area contributed by atoms with Crippen molar-refractivity contribution >= 4 is 0 Å². The quantitative estimate of drug-likeness (QED) is 0.216. The Morgan fingerprint density at radius 1 is 0.758 bits per heavy atom. The van der Waals surface area contributed by atoms with E-state index in [-0.39, 0.29) is 0 Å². The molecule has 0 aliphatic heterocycles. The molecule has 2 rings (SSSR count). The number of nitrogens with zero attached hydrogens (tertiary/aromatic N) is 1. The highest BCUT2D eigenvalue weighted by molar-refractivity contribution is 5.43. The van der Waals surface area contributed by atoms with Crippen LogP contribution in [0.4, 0.5) is 0 Å². The van der Waals surface area contributed by atoms with E-state index in [0.29, 0.717) is 12.6 Å². The van der Waals surface area contributed by atoms with Gasteiger partial charge in [-0.1, -0.05) is 89.3 Å². The van der Waals surface area contributed by atoms with Gasteiger partial charge in [0.05, 0.1) is 13.7 Å². The summed E-state index contributed by atoms with van der Waals surface area (Å²) in [5, 5.41) is 0. The maximum absolute atomic E-state index is 6.20. The normalized spacial score (nSPS) is 12.2. The molecular formula is C30H47NO2. The zero-order valence-corrected chi connectivity index (χ0v) is 21.7. The van der Waals surface area contributed by atoms with Crippen LogP contribution in [0.15, 0.2) is 48.5 Å². The molecule has 3 heteroatoms. The standard InChI is InChI=1S/C30H47NO2/c1-5-8-9-10-14-17-28(31(21-6-2)22-7-3)24-27-18-19-29(32-4)30(25-27)33-23-20-26-15-12-11-13-16-26/h11-13,15-16,18-19,25,28H,5-10,14,17,20-24H2,1-4H3/t28-/m0/s1. The molecule has 0 amide bonds. The molecule has 2 aromatic rings. The molecule has 0 heterocycles. The Kier molecular flexibility index (Phi) is 13.7. The average Bonchev–Trinajstić information content (AvgIpc) is 2.84. The van der Waals surface area contributed by atoms with E-state index in [1.165, 1.54) is 75.6 Å². The molecule has 33 heavy (non-hydrogen) atoms. The lowest BCUT2D eigenvalue weighted by molar-refractivity contribution is 0.181. The molecule has 0 radical (unpaired) electrons. The van der Waals surface area contributed by atoms with E-state index in [2.05, 4.69) is 74.2 Å². The molecule has 0 saturated carbocycles. The molecule has 0 N–H and O–H groups in total. The molecule has 1 atom stereocenters. The second-order valence-corrected chi connectivity index (χ2v) is 9.17. The molecule has 0 aliphatic rings. The SMILES string of the molecule is CCCCCCC[C@@H](Cc1ccc(OC)c(OCCc2ccccc2)c1)N(CCC)CCC. The van der Waals surface area contributed by atoms with E-state index >= 15 is 0 Å². The number of methoxy groups -OCH3 is 1. The van der Waals surface area contributed by atoms with Crippen molar-refractivity contribution in [3.05, 3.63) is 59.7 Å². The third-order valence-electron chi connectivity index (χ3n) is 6.37. The number of rotatable bonds is 18. The van der Waals surface area contributed by atoms with E-state index in [1.54, 1.807) is 7.11 Å². The lowest BCUT2D eigenvalue weighted by Crippen LogP contribution is -2.38. The summed E-state index contributed by atoms with van der Waals surface area (Å²) in [6.45, 7) is 9.91. The van der Waals surface area contributed by atoms with Crippen LogP contribution >= 0.6 is 0 Å². The maximum atomic E-state index is 6.20. The summed E-state index contributed by atoms with van der Waals surface area (Å²) in [6.07, 6.45) is 12.4. The average molecular weight is 454 g/mol. The van der Waals surface area contributed by atoms with Gasteiger partial charge in [-0.2, -0.15) is 0 Å². The second kappa shape index (κ2) is 16.6.